The molecule has 0 saturated heterocycles. The van der Waals surface area contributed by atoms with Crippen LogP contribution in [0.25, 0.3) is 0 Å². The first-order chi connectivity index (χ1) is 10.1. The zero-order valence-corrected chi connectivity index (χ0v) is 12.1. The number of aliphatic hydroxyl groups excluding tert-OH is 1. The Bertz CT molecular complexity index is 706. The first-order valence-corrected chi connectivity index (χ1v) is 6.68. The summed E-state index contributed by atoms with van der Waals surface area (Å²) in [5, 5.41) is 11.6. The van der Waals surface area contributed by atoms with Crippen LogP contribution < -0.4 is 5.32 Å². The van der Waals surface area contributed by atoms with Crippen molar-refractivity contribution in [2.24, 2.45) is 0 Å². The predicted molar refractivity (Wildman–Crippen MR) is 84.3 cm³/mol. The molecule has 21 heavy (non-hydrogen) atoms. The molecule has 0 aliphatic carbocycles. The standard InChI is InChI=1S/C18H17NO2/c1-13-5-7-16(8-6-13)18(21)19-17-10-9-15(4-3-11-20)14(2)12-17/h5-10,12,20H,11H2,1-2H3,(H,19,21). The lowest BCUT2D eigenvalue weighted by Gasteiger charge is -2.07. The van der Waals surface area contributed by atoms with Crippen LogP contribution in [0, 0.1) is 25.7 Å². The summed E-state index contributed by atoms with van der Waals surface area (Å²) < 4.78 is 0. The first-order valence-electron chi connectivity index (χ1n) is 6.68. The fourth-order valence-corrected chi connectivity index (χ4v) is 1.92. The average molecular weight is 279 g/mol. The number of benzene rings is 2. The molecule has 0 radical (unpaired) electrons. The van der Waals surface area contributed by atoms with Crippen molar-refractivity contribution in [3.05, 3.63) is 64.7 Å². The van der Waals surface area contributed by atoms with Gasteiger partial charge in [0.05, 0.1) is 0 Å². The molecular weight excluding hydrogens is 262 g/mol. The first kappa shape index (κ1) is 14.8. The highest BCUT2D eigenvalue weighted by molar-refractivity contribution is 6.04. The van der Waals surface area contributed by atoms with Crippen molar-refractivity contribution >= 4 is 11.6 Å². The SMILES string of the molecule is Cc1ccc(C(=O)Nc2ccc(C#CCO)c(C)c2)cc1. The van der Waals surface area contributed by atoms with Crippen molar-refractivity contribution in [1.82, 2.24) is 0 Å². The average Bonchev–Trinajstić information content (AvgIpc) is 2.47. The van der Waals surface area contributed by atoms with Gasteiger partial charge in [0.2, 0.25) is 0 Å². The van der Waals surface area contributed by atoms with E-state index in [1.54, 1.807) is 18.2 Å². The van der Waals surface area contributed by atoms with Crippen molar-refractivity contribution in [3.8, 4) is 11.8 Å². The molecule has 0 saturated carbocycles. The minimum absolute atomic E-state index is 0.136. The van der Waals surface area contributed by atoms with E-state index in [4.69, 9.17) is 5.11 Å². The van der Waals surface area contributed by atoms with E-state index in [2.05, 4.69) is 17.2 Å². The summed E-state index contributed by atoms with van der Waals surface area (Å²) in [7, 11) is 0. The minimum atomic E-state index is -0.161. The van der Waals surface area contributed by atoms with Gasteiger partial charge in [-0.25, -0.2) is 0 Å². The van der Waals surface area contributed by atoms with Crippen LogP contribution in [0.15, 0.2) is 42.5 Å². The van der Waals surface area contributed by atoms with Crippen molar-refractivity contribution in [2.45, 2.75) is 13.8 Å². The summed E-state index contributed by atoms with van der Waals surface area (Å²) in [5.74, 6) is 5.35. The Hall–Kier alpha value is -2.57. The van der Waals surface area contributed by atoms with E-state index >= 15 is 0 Å². The molecule has 0 spiro atoms. The highest BCUT2D eigenvalue weighted by atomic mass is 16.2. The van der Waals surface area contributed by atoms with Crippen LogP contribution >= 0.6 is 0 Å². The lowest BCUT2D eigenvalue weighted by Crippen LogP contribution is -2.11. The third-order valence-electron chi connectivity index (χ3n) is 3.10. The molecule has 3 heteroatoms. The normalized spacial score (nSPS) is 9.67. The number of anilines is 1. The maximum Gasteiger partial charge on any atom is 0.255 e. The lowest BCUT2D eigenvalue weighted by molar-refractivity contribution is 0.102. The topological polar surface area (TPSA) is 49.3 Å². The molecule has 2 rings (SSSR count). The molecule has 0 aliphatic rings. The predicted octanol–water partition coefficient (Wildman–Crippen LogP) is 2.90. The highest BCUT2D eigenvalue weighted by Gasteiger charge is 2.06. The van der Waals surface area contributed by atoms with Gasteiger partial charge >= 0.3 is 0 Å². The summed E-state index contributed by atoms with van der Waals surface area (Å²) >= 11 is 0. The van der Waals surface area contributed by atoms with Crippen LogP contribution in [0.4, 0.5) is 5.69 Å². The van der Waals surface area contributed by atoms with Gasteiger partial charge in [-0.1, -0.05) is 29.5 Å². The van der Waals surface area contributed by atoms with Crippen molar-refractivity contribution in [2.75, 3.05) is 11.9 Å². The van der Waals surface area contributed by atoms with Gasteiger partial charge in [-0.2, -0.15) is 0 Å². The zero-order chi connectivity index (χ0) is 15.2. The second kappa shape index (κ2) is 6.74. The van der Waals surface area contributed by atoms with Crippen LogP contribution in [-0.2, 0) is 0 Å². The van der Waals surface area contributed by atoms with Crippen LogP contribution in [-0.4, -0.2) is 17.6 Å². The van der Waals surface area contributed by atoms with Gasteiger partial charge in [0, 0.05) is 16.8 Å². The van der Waals surface area contributed by atoms with Gasteiger partial charge < -0.3 is 10.4 Å². The molecule has 2 aromatic rings. The van der Waals surface area contributed by atoms with Gasteiger partial charge in [0.15, 0.2) is 0 Å². The largest absolute Gasteiger partial charge is 0.384 e. The third-order valence-corrected chi connectivity index (χ3v) is 3.10. The molecule has 0 unspecified atom stereocenters. The number of hydrogen-bond acceptors (Lipinski definition) is 2. The summed E-state index contributed by atoms with van der Waals surface area (Å²) in [6.45, 7) is 3.74. The smallest absolute Gasteiger partial charge is 0.255 e. The lowest BCUT2D eigenvalue weighted by atomic mass is 10.1. The fourth-order valence-electron chi connectivity index (χ4n) is 1.92. The minimum Gasteiger partial charge on any atom is -0.384 e. The number of aliphatic hydroxyl groups is 1. The van der Waals surface area contributed by atoms with E-state index < -0.39 is 0 Å². The van der Waals surface area contributed by atoms with Crippen LogP contribution in [0.1, 0.15) is 27.0 Å². The van der Waals surface area contributed by atoms with E-state index in [0.29, 0.717) is 5.56 Å². The molecule has 0 aliphatic heterocycles. The Balaban J connectivity index is 2.14. The Morgan fingerprint density at radius 1 is 1.14 bits per heavy atom. The molecule has 0 fully saturated rings. The van der Waals surface area contributed by atoms with Gasteiger partial charge in [0.1, 0.15) is 6.61 Å². The van der Waals surface area contributed by atoms with Gasteiger partial charge in [0.25, 0.3) is 5.91 Å². The van der Waals surface area contributed by atoms with Crippen molar-refractivity contribution < 1.29 is 9.90 Å². The highest BCUT2D eigenvalue weighted by Crippen LogP contribution is 2.15. The Kier molecular flexibility index (Phi) is 4.76. The van der Waals surface area contributed by atoms with E-state index in [1.165, 1.54) is 0 Å². The molecule has 2 aromatic carbocycles. The molecule has 3 nitrogen and oxygen atoms in total. The number of hydrogen-bond donors (Lipinski definition) is 2. The summed E-state index contributed by atoms with van der Waals surface area (Å²) in [6.07, 6.45) is 0. The molecule has 1 amide bonds. The molecule has 0 bridgehead atoms. The monoisotopic (exact) mass is 279 g/mol. The Morgan fingerprint density at radius 3 is 2.48 bits per heavy atom. The summed E-state index contributed by atoms with van der Waals surface area (Å²) in [4.78, 5) is 12.1. The molecule has 2 N–H and O–H groups in total. The molecule has 0 heterocycles. The maximum absolute atomic E-state index is 12.1. The van der Waals surface area contributed by atoms with Crippen molar-refractivity contribution in [1.29, 1.82) is 0 Å². The van der Waals surface area contributed by atoms with Crippen LogP contribution in [0.3, 0.4) is 0 Å². The van der Waals surface area contributed by atoms with E-state index in [-0.39, 0.29) is 12.5 Å². The number of amides is 1. The number of rotatable bonds is 2. The zero-order valence-electron chi connectivity index (χ0n) is 12.1. The Labute approximate surface area is 124 Å². The fraction of sp³-hybridized carbons (Fsp3) is 0.167. The van der Waals surface area contributed by atoms with E-state index in [0.717, 1.165) is 22.4 Å². The third kappa shape index (κ3) is 3.95. The van der Waals surface area contributed by atoms with Gasteiger partial charge in [-0.3, -0.25) is 4.79 Å². The molecule has 0 aromatic heterocycles. The number of carbonyl (C=O) groups excluding carboxylic acids is 1. The van der Waals surface area contributed by atoms with E-state index in [1.807, 2.05) is 38.1 Å². The molecule has 0 atom stereocenters. The quantitative estimate of drug-likeness (QED) is 0.830. The van der Waals surface area contributed by atoms with Crippen molar-refractivity contribution in [3.63, 3.8) is 0 Å². The van der Waals surface area contributed by atoms with Gasteiger partial charge in [-0.05, 0) is 49.7 Å². The molecule has 106 valence electrons. The van der Waals surface area contributed by atoms with Gasteiger partial charge in [-0.15, -0.1) is 0 Å². The summed E-state index contributed by atoms with van der Waals surface area (Å²) in [6, 6.07) is 12.9. The second-order valence-electron chi connectivity index (χ2n) is 4.81. The summed E-state index contributed by atoms with van der Waals surface area (Å²) in [5.41, 5.74) is 4.28. The number of nitrogens with one attached hydrogen (secondary N) is 1. The van der Waals surface area contributed by atoms with Crippen LogP contribution in [0.2, 0.25) is 0 Å². The second-order valence-corrected chi connectivity index (χ2v) is 4.81. The van der Waals surface area contributed by atoms with Crippen LogP contribution in [0.5, 0.6) is 0 Å². The molecular formula is C18H17NO2. The number of aryl methyl sites for hydroxylation is 2. The number of carbonyl (C=O) groups is 1. The maximum atomic E-state index is 12.1. The van der Waals surface area contributed by atoms with E-state index in [9.17, 15) is 4.79 Å². The Morgan fingerprint density at radius 2 is 1.86 bits per heavy atom.